The second-order valence-electron chi connectivity index (χ2n) is 5.32. The average Bonchev–Trinajstić information content (AvgIpc) is 3.30. The number of hydrogen-bond donors (Lipinski definition) is 1. The van der Waals surface area contributed by atoms with E-state index in [0.29, 0.717) is 21.5 Å². The molecule has 1 fully saturated rings. The average molecular weight is 320 g/mol. The lowest BCUT2D eigenvalue weighted by atomic mass is 10.0. The van der Waals surface area contributed by atoms with Crippen molar-refractivity contribution in [3.8, 4) is 0 Å². The van der Waals surface area contributed by atoms with Crippen molar-refractivity contribution < 1.29 is 4.79 Å². The summed E-state index contributed by atoms with van der Waals surface area (Å²) < 4.78 is 0. The topological polar surface area (TPSA) is 29.1 Å². The van der Waals surface area contributed by atoms with Crippen molar-refractivity contribution in [2.45, 2.75) is 18.9 Å². The van der Waals surface area contributed by atoms with Gasteiger partial charge in [-0.3, -0.25) is 4.79 Å². The van der Waals surface area contributed by atoms with E-state index in [1.807, 2.05) is 30.3 Å². The van der Waals surface area contributed by atoms with Crippen molar-refractivity contribution in [2.75, 3.05) is 0 Å². The largest absolute Gasteiger partial charge is 0.345 e. The third-order valence-corrected chi connectivity index (χ3v) is 4.26. The summed E-state index contributed by atoms with van der Waals surface area (Å²) in [5.74, 6) is 0.361. The molecular weight excluding hydrogens is 305 g/mol. The van der Waals surface area contributed by atoms with Crippen molar-refractivity contribution >= 4 is 29.1 Å². The van der Waals surface area contributed by atoms with Gasteiger partial charge in [0, 0.05) is 5.02 Å². The zero-order chi connectivity index (χ0) is 14.8. The number of rotatable bonds is 4. The normalized spacial score (nSPS) is 15.5. The van der Waals surface area contributed by atoms with Crippen molar-refractivity contribution in [3.05, 3.63) is 69.7 Å². The molecule has 0 spiro atoms. The lowest BCUT2D eigenvalue weighted by molar-refractivity contribution is 0.0932. The molecule has 1 unspecified atom stereocenters. The highest BCUT2D eigenvalue weighted by Crippen LogP contribution is 2.41. The molecule has 2 aromatic carbocycles. The molecular formula is C17H15Cl2NO. The monoisotopic (exact) mass is 319 g/mol. The molecule has 0 radical (unpaired) electrons. The molecule has 0 bridgehead atoms. The Bertz CT molecular complexity index is 653. The van der Waals surface area contributed by atoms with E-state index in [9.17, 15) is 4.79 Å². The van der Waals surface area contributed by atoms with Crippen LogP contribution in [-0.2, 0) is 0 Å². The molecule has 21 heavy (non-hydrogen) atoms. The first kappa shape index (κ1) is 14.4. The summed E-state index contributed by atoms with van der Waals surface area (Å²) in [7, 11) is 0. The standard InChI is InChI=1S/C17H15Cl2NO/c18-13-8-9-14(15(19)10-13)17(21)20-16(12-6-7-12)11-4-2-1-3-5-11/h1-5,8-10,12,16H,6-7H2,(H,20,21). The van der Waals surface area contributed by atoms with Crippen molar-refractivity contribution in [2.24, 2.45) is 5.92 Å². The van der Waals surface area contributed by atoms with Crippen LogP contribution in [0.2, 0.25) is 10.0 Å². The maximum atomic E-state index is 12.5. The second-order valence-corrected chi connectivity index (χ2v) is 6.17. The number of carbonyl (C=O) groups is 1. The van der Waals surface area contributed by atoms with Crippen LogP contribution in [-0.4, -0.2) is 5.91 Å². The minimum absolute atomic E-state index is 0.0467. The summed E-state index contributed by atoms with van der Waals surface area (Å²) >= 11 is 12.0. The molecule has 108 valence electrons. The van der Waals surface area contributed by atoms with E-state index in [2.05, 4.69) is 5.32 Å². The fraction of sp³-hybridized carbons (Fsp3) is 0.235. The fourth-order valence-electron chi connectivity index (χ4n) is 2.46. The van der Waals surface area contributed by atoms with Crippen LogP contribution >= 0.6 is 23.2 Å². The number of benzene rings is 2. The van der Waals surface area contributed by atoms with Crippen LogP contribution in [0.3, 0.4) is 0 Å². The van der Waals surface area contributed by atoms with Gasteiger partial charge in [0.2, 0.25) is 0 Å². The van der Waals surface area contributed by atoms with Gasteiger partial charge in [-0.15, -0.1) is 0 Å². The fourth-order valence-corrected chi connectivity index (χ4v) is 2.95. The predicted molar refractivity (Wildman–Crippen MR) is 85.8 cm³/mol. The molecule has 0 aliphatic heterocycles. The molecule has 2 aromatic rings. The van der Waals surface area contributed by atoms with E-state index in [0.717, 1.165) is 18.4 Å². The highest BCUT2D eigenvalue weighted by atomic mass is 35.5. The van der Waals surface area contributed by atoms with Crippen LogP contribution in [0.5, 0.6) is 0 Å². The van der Waals surface area contributed by atoms with Gasteiger partial charge in [0.05, 0.1) is 16.6 Å². The van der Waals surface area contributed by atoms with E-state index in [4.69, 9.17) is 23.2 Å². The molecule has 1 aliphatic carbocycles. The Morgan fingerprint density at radius 2 is 1.81 bits per heavy atom. The van der Waals surface area contributed by atoms with Gasteiger partial charge in [0.1, 0.15) is 0 Å². The zero-order valence-corrected chi connectivity index (χ0v) is 12.9. The Labute approximate surface area is 134 Å². The first-order valence-corrected chi connectivity index (χ1v) is 7.71. The van der Waals surface area contributed by atoms with Gasteiger partial charge in [-0.2, -0.15) is 0 Å². The molecule has 3 rings (SSSR count). The van der Waals surface area contributed by atoms with Crippen molar-refractivity contribution in [3.63, 3.8) is 0 Å². The van der Waals surface area contributed by atoms with Crippen LogP contribution in [0.4, 0.5) is 0 Å². The SMILES string of the molecule is O=C(NC(c1ccccc1)C1CC1)c1ccc(Cl)cc1Cl. The Morgan fingerprint density at radius 3 is 2.43 bits per heavy atom. The van der Waals surface area contributed by atoms with Gasteiger partial charge in [-0.1, -0.05) is 53.5 Å². The van der Waals surface area contributed by atoms with E-state index in [1.54, 1.807) is 18.2 Å². The first-order valence-electron chi connectivity index (χ1n) is 6.96. The summed E-state index contributed by atoms with van der Waals surface area (Å²) in [6.07, 6.45) is 2.29. The van der Waals surface area contributed by atoms with Crippen LogP contribution in [0.25, 0.3) is 0 Å². The lowest BCUT2D eigenvalue weighted by Crippen LogP contribution is -2.30. The first-order chi connectivity index (χ1) is 10.1. The van der Waals surface area contributed by atoms with Crippen LogP contribution in [0, 0.1) is 5.92 Å². The van der Waals surface area contributed by atoms with Crippen LogP contribution in [0.15, 0.2) is 48.5 Å². The second kappa shape index (κ2) is 6.08. The van der Waals surface area contributed by atoms with E-state index in [-0.39, 0.29) is 11.9 Å². The third kappa shape index (κ3) is 3.39. The molecule has 0 aromatic heterocycles. The third-order valence-electron chi connectivity index (χ3n) is 3.71. The molecule has 1 amide bonds. The zero-order valence-electron chi connectivity index (χ0n) is 11.4. The summed E-state index contributed by atoms with van der Waals surface area (Å²) in [6, 6.07) is 15.0. The smallest absolute Gasteiger partial charge is 0.253 e. The molecule has 0 saturated heterocycles. The van der Waals surface area contributed by atoms with Gasteiger partial charge in [0.15, 0.2) is 0 Å². The van der Waals surface area contributed by atoms with Gasteiger partial charge >= 0.3 is 0 Å². The maximum Gasteiger partial charge on any atom is 0.253 e. The van der Waals surface area contributed by atoms with Gasteiger partial charge in [-0.25, -0.2) is 0 Å². The van der Waals surface area contributed by atoms with Gasteiger partial charge < -0.3 is 5.32 Å². The number of nitrogens with one attached hydrogen (secondary N) is 1. The Morgan fingerprint density at radius 1 is 1.10 bits per heavy atom. The summed E-state index contributed by atoms with van der Waals surface area (Å²) in [5, 5.41) is 4.01. The summed E-state index contributed by atoms with van der Waals surface area (Å²) in [6.45, 7) is 0. The number of amides is 1. The Balaban J connectivity index is 1.81. The van der Waals surface area contributed by atoms with Crippen LogP contribution < -0.4 is 5.32 Å². The van der Waals surface area contributed by atoms with Gasteiger partial charge in [-0.05, 0) is 42.5 Å². The number of carbonyl (C=O) groups excluding carboxylic acids is 1. The molecule has 1 aliphatic rings. The van der Waals surface area contributed by atoms with Crippen LogP contribution in [0.1, 0.15) is 34.8 Å². The number of hydrogen-bond acceptors (Lipinski definition) is 1. The Kier molecular flexibility index (Phi) is 4.18. The van der Waals surface area contributed by atoms with Crippen molar-refractivity contribution in [1.29, 1.82) is 0 Å². The van der Waals surface area contributed by atoms with Crippen molar-refractivity contribution in [1.82, 2.24) is 5.32 Å². The van der Waals surface area contributed by atoms with E-state index < -0.39 is 0 Å². The molecule has 0 heterocycles. The van der Waals surface area contributed by atoms with Gasteiger partial charge in [0.25, 0.3) is 5.91 Å². The Hall–Kier alpha value is -1.51. The molecule has 4 heteroatoms. The summed E-state index contributed by atoms with van der Waals surface area (Å²) in [4.78, 5) is 12.5. The molecule has 2 nitrogen and oxygen atoms in total. The van der Waals surface area contributed by atoms with E-state index >= 15 is 0 Å². The quantitative estimate of drug-likeness (QED) is 0.855. The maximum absolute atomic E-state index is 12.5. The van der Waals surface area contributed by atoms with E-state index in [1.165, 1.54) is 0 Å². The lowest BCUT2D eigenvalue weighted by Gasteiger charge is -2.19. The molecule has 1 N–H and O–H groups in total. The minimum atomic E-state index is -0.155. The predicted octanol–water partition coefficient (Wildman–Crippen LogP) is 4.87. The highest BCUT2D eigenvalue weighted by molar-refractivity contribution is 6.36. The molecule has 1 atom stereocenters. The molecule has 1 saturated carbocycles. The minimum Gasteiger partial charge on any atom is -0.345 e. The summed E-state index contributed by atoms with van der Waals surface area (Å²) in [5.41, 5.74) is 1.60. The number of halogens is 2. The highest BCUT2D eigenvalue weighted by Gasteiger charge is 2.33.